The second kappa shape index (κ2) is 8.14. The zero-order chi connectivity index (χ0) is 17.6. The first-order chi connectivity index (χ1) is 12.1. The van der Waals surface area contributed by atoms with Gasteiger partial charge in [-0.1, -0.05) is 12.8 Å². The van der Waals surface area contributed by atoms with Crippen molar-refractivity contribution in [2.45, 2.75) is 38.5 Å². The van der Waals surface area contributed by atoms with Crippen LogP contribution in [0.15, 0.2) is 24.3 Å². The highest BCUT2D eigenvalue weighted by Gasteiger charge is 2.22. The van der Waals surface area contributed by atoms with E-state index in [1.807, 2.05) is 4.90 Å². The van der Waals surface area contributed by atoms with E-state index in [-0.39, 0.29) is 24.3 Å². The number of amides is 3. The number of nitrogens with one attached hydrogen (secondary N) is 1. The van der Waals surface area contributed by atoms with Crippen LogP contribution >= 0.6 is 0 Å². The standard InChI is InChI=1S/C19H25N3O3/c23-17-6-5-13-22(17)16-9-7-15(8-10-16)19(25)20-14-18(24)21-11-3-1-2-4-12-21/h7-10H,1-6,11-14H2,(H,20,25). The van der Waals surface area contributed by atoms with Crippen molar-refractivity contribution in [2.24, 2.45) is 0 Å². The molecule has 0 unspecified atom stereocenters. The van der Waals surface area contributed by atoms with Crippen molar-refractivity contribution >= 4 is 23.4 Å². The van der Waals surface area contributed by atoms with Gasteiger partial charge in [0.05, 0.1) is 6.54 Å². The predicted octanol–water partition coefficient (Wildman–Crippen LogP) is 1.95. The van der Waals surface area contributed by atoms with Gasteiger partial charge in [0.25, 0.3) is 5.91 Å². The van der Waals surface area contributed by atoms with Crippen molar-refractivity contribution in [3.05, 3.63) is 29.8 Å². The van der Waals surface area contributed by atoms with Gasteiger partial charge in [0.2, 0.25) is 11.8 Å². The van der Waals surface area contributed by atoms with E-state index in [0.29, 0.717) is 12.0 Å². The van der Waals surface area contributed by atoms with Crippen LogP contribution in [0.1, 0.15) is 48.9 Å². The Morgan fingerprint density at radius 3 is 2.20 bits per heavy atom. The number of rotatable bonds is 4. The molecule has 0 aromatic heterocycles. The lowest BCUT2D eigenvalue weighted by Crippen LogP contribution is -2.40. The molecule has 2 saturated heterocycles. The highest BCUT2D eigenvalue weighted by molar-refractivity contribution is 5.98. The van der Waals surface area contributed by atoms with E-state index in [2.05, 4.69) is 5.32 Å². The third kappa shape index (κ3) is 4.38. The van der Waals surface area contributed by atoms with Crippen LogP contribution in [0.5, 0.6) is 0 Å². The lowest BCUT2D eigenvalue weighted by atomic mass is 10.2. The summed E-state index contributed by atoms with van der Waals surface area (Å²) in [5.74, 6) is -0.155. The van der Waals surface area contributed by atoms with Crippen LogP contribution < -0.4 is 10.2 Å². The van der Waals surface area contributed by atoms with Gasteiger partial charge in [0.1, 0.15) is 0 Å². The van der Waals surface area contributed by atoms with Gasteiger partial charge in [-0.05, 0) is 43.5 Å². The van der Waals surface area contributed by atoms with Crippen molar-refractivity contribution in [1.29, 1.82) is 0 Å². The van der Waals surface area contributed by atoms with Gasteiger partial charge in [-0.25, -0.2) is 0 Å². The molecule has 1 aromatic carbocycles. The van der Waals surface area contributed by atoms with Gasteiger partial charge >= 0.3 is 0 Å². The molecule has 6 nitrogen and oxygen atoms in total. The van der Waals surface area contributed by atoms with E-state index < -0.39 is 0 Å². The van der Waals surface area contributed by atoms with E-state index >= 15 is 0 Å². The molecule has 3 amide bonds. The van der Waals surface area contributed by atoms with E-state index in [4.69, 9.17) is 0 Å². The van der Waals surface area contributed by atoms with Gasteiger partial charge in [-0.2, -0.15) is 0 Å². The summed E-state index contributed by atoms with van der Waals surface area (Å²) in [7, 11) is 0. The molecule has 25 heavy (non-hydrogen) atoms. The molecule has 1 N–H and O–H groups in total. The number of carbonyl (C=O) groups excluding carboxylic acids is 3. The minimum absolute atomic E-state index is 0.0190. The molecule has 1 aromatic rings. The van der Waals surface area contributed by atoms with E-state index in [1.165, 1.54) is 12.8 Å². The largest absolute Gasteiger partial charge is 0.343 e. The molecule has 6 heteroatoms. The molecule has 0 saturated carbocycles. The van der Waals surface area contributed by atoms with E-state index in [9.17, 15) is 14.4 Å². The summed E-state index contributed by atoms with van der Waals surface area (Å²) in [5, 5.41) is 2.70. The monoisotopic (exact) mass is 343 g/mol. The molecular weight excluding hydrogens is 318 g/mol. The fourth-order valence-electron chi connectivity index (χ4n) is 3.40. The van der Waals surface area contributed by atoms with Gasteiger partial charge in [0.15, 0.2) is 0 Å². The first kappa shape index (κ1) is 17.5. The predicted molar refractivity (Wildman–Crippen MR) is 95.4 cm³/mol. The van der Waals surface area contributed by atoms with Gasteiger partial charge < -0.3 is 15.1 Å². The summed E-state index contributed by atoms with van der Waals surface area (Å²) in [6.45, 7) is 2.33. The first-order valence-corrected chi connectivity index (χ1v) is 9.11. The fraction of sp³-hybridized carbons (Fsp3) is 0.526. The Labute approximate surface area is 148 Å². The molecule has 0 atom stereocenters. The quantitative estimate of drug-likeness (QED) is 0.908. The third-order valence-electron chi connectivity index (χ3n) is 4.87. The zero-order valence-corrected chi connectivity index (χ0v) is 14.5. The topological polar surface area (TPSA) is 69.7 Å². The molecule has 0 spiro atoms. The Bertz CT molecular complexity index is 634. The highest BCUT2D eigenvalue weighted by atomic mass is 16.2. The maximum absolute atomic E-state index is 12.2. The second-order valence-electron chi connectivity index (χ2n) is 6.67. The number of hydrogen-bond acceptors (Lipinski definition) is 3. The minimum atomic E-state index is -0.262. The van der Waals surface area contributed by atoms with Crippen LogP contribution in [0.2, 0.25) is 0 Å². The maximum Gasteiger partial charge on any atom is 0.251 e. The summed E-state index contributed by atoms with van der Waals surface area (Å²) in [6.07, 6.45) is 5.87. The number of likely N-dealkylation sites (tertiary alicyclic amines) is 1. The SMILES string of the molecule is O=C(NCC(=O)N1CCCCCC1)c1ccc(N2CCCC2=O)cc1. The molecule has 2 fully saturated rings. The Balaban J connectivity index is 1.52. The molecule has 2 aliphatic rings. The zero-order valence-electron chi connectivity index (χ0n) is 14.5. The molecular formula is C19H25N3O3. The highest BCUT2D eigenvalue weighted by Crippen LogP contribution is 2.21. The summed E-state index contributed by atoms with van der Waals surface area (Å²) < 4.78 is 0. The molecule has 2 aliphatic heterocycles. The van der Waals surface area contributed by atoms with Crippen molar-refractivity contribution in [3.63, 3.8) is 0 Å². The number of nitrogens with zero attached hydrogens (tertiary/aromatic N) is 2. The fourth-order valence-corrected chi connectivity index (χ4v) is 3.40. The first-order valence-electron chi connectivity index (χ1n) is 9.11. The number of hydrogen-bond donors (Lipinski definition) is 1. The third-order valence-corrected chi connectivity index (χ3v) is 4.87. The Morgan fingerprint density at radius 2 is 1.60 bits per heavy atom. The minimum Gasteiger partial charge on any atom is -0.343 e. The van der Waals surface area contributed by atoms with Crippen LogP contribution in [0.25, 0.3) is 0 Å². The number of benzene rings is 1. The van der Waals surface area contributed by atoms with Crippen LogP contribution in [0.4, 0.5) is 5.69 Å². The summed E-state index contributed by atoms with van der Waals surface area (Å²) in [5.41, 5.74) is 1.32. The van der Waals surface area contributed by atoms with Crippen molar-refractivity contribution in [3.8, 4) is 0 Å². The smallest absolute Gasteiger partial charge is 0.251 e. The summed E-state index contributed by atoms with van der Waals surface area (Å²) in [4.78, 5) is 39.8. The molecule has 2 heterocycles. The van der Waals surface area contributed by atoms with Gasteiger partial charge in [-0.15, -0.1) is 0 Å². The maximum atomic E-state index is 12.2. The molecule has 0 radical (unpaired) electrons. The van der Waals surface area contributed by atoms with Crippen LogP contribution in [-0.4, -0.2) is 48.8 Å². The van der Waals surface area contributed by atoms with Crippen molar-refractivity contribution in [2.75, 3.05) is 31.1 Å². The molecule has 0 aliphatic carbocycles. The average molecular weight is 343 g/mol. The Kier molecular flexibility index (Phi) is 5.68. The molecule has 134 valence electrons. The summed E-state index contributed by atoms with van der Waals surface area (Å²) in [6, 6.07) is 6.98. The van der Waals surface area contributed by atoms with Gasteiger partial charge in [-0.3, -0.25) is 14.4 Å². The average Bonchev–Trinajstić information content (AvgIpc) is 2.89. The van der Waals surface area contributed by atoms with Crippen LogP contribution in [0.3, 0.4) is 0 Å². The second-order valence-corrected chi connectivity index (χ2v) is 6.67. The number of carbonyl (C=O) groups is 3. The Hall–Kier alpha value is -2.37. The van der Waals surface area contributed by atoms with Crippen LogP contribution in [-0.2, 0) is 9.59 Å². The van der Waals surface area contributed by atoms with Crippen molar-refractivity contribution < 1.29 is 14.4 Å². The van der Waals surface area contributed by atoms with E-state index in [0.717, 1.165) is 44.6 Å². The van der Waals surface area contributed by atoms with E-state index in [1.54, 1.807) is 29.2 Å². The number of anilines is 1. The van der Waals surface area contributed by atoms with Crippen LogP contribution in [0, 0.1) is 0 Å². The lowest BCUT2D eigenvalue weighted by Gasteiger charge is -2.20. The molecule has 3 rings (SSSR count). The lowest BCUT2D eigenvalue weighted by molar-refractivity contribution is -0.130. The Morgan fingerprint density at radius 1 is 0.920 bits per heavy atom. The summed E-state index contributed by atoms with van der Waals surface area (Å²) >= 11 is 0. The van der Waals surface area contributed by atoms with Crippen molar-refractivity contribution in [1.82, 2.24) is 10.2 Å². The van der Waals surface area contributed by atoms with Gasteiger partial charge in [0, 0.05) is 37.3 Å². The molecule has 0 bridgehead atoms. The normalized spacial score (nSPS) is 18.2.